The molecular weight excluding hydrogens is 431 g/mol. The number of rotatable bonds is 5. The third-order valence-corrected chi connectivity index (χ3v) is 5.48. The summed E-state index contributed by atoms with van der Waals surface area (Å²) in [5.74, 6) is -0.141. The molecule has 154 valence electrons. The van der Waals surface area contributed by atoms with E-state index in [0.29, 0.717) is 0 Å². The molecule has 0 fully saturated rings. The van der Waals surface area contributed by atoms with Crippen LogP contribution in [0.1, 0.15) is 17.8 Å². The molecule has 0 unspecified atom stereocenters. The molecule has 0 aliphatic rings. The van der Waals surface area contributed by atoms with Crippen LogP contribution in [0.15, 0.2) is 41.2 Å². The van der Waals surface area contributed by atoms with Crippen molar-refractivity contribution in [3.63, 3.8) is 0 Å². The van der Waals surface area contributed by atoms with Crippen molar-refractivity contribution >= 4 is 32.5 Å². The molecule has 0 atom stereocenters. The molecule has 2 heterocycles. The number of fused-ring (bicyclic) bond motifs is 1. The number of alkyl halides is 3. The van der Waals surface area contributed by atoms with Crippen molar-refractivity contribution in [3.05, 3.63) is 63.3 Å². The van der Waals surface area contributed by atoms with Gasteiger partial charge in [-0.3, -0.25) is 0 Å². The molecule has 0 bridgehead atoms. The van der Waals surface area contributed by atoms with Gasteiger partial charge in [0.1, 0.15) is 15.5 Å². The molecule has 1 aromatic carbocycles. The largest absolute Gasteiger partial charge is 0.433 e. The van der Waals surface area contributed by atoms with Crippen LogP contribution in [0.25, 0.3) is 16.7 Å². The molecule has 0 saturated heterocycles. The Morgan fingerprint density at radius 2 is 1.79 bits per heavy atom. The third-order valence-electron chi connectivity index (χ3n) is 4.13. The molecule has 0 spiro atoms. The zero-order valence-corrected chi connectivity index (χ0v) is 16.6. The van der Waals surface area contributed by atoms with Crippen LogP contribution in [0.3, 0.4) is 0 Å². The Morgan fingerprint density at radius 3 is 2.41 bits per heavy atom. The molecule has 11 heteroatoms. The molecule has 6 nitrogen and oxygen atoms in total. The van der Waals surface area contributed by atoms with Crippen LogP contribution in [0.2, 0.25) is 5.02 Å². The third kappa shape index (κ3) is 4.76. The normalized spacial score (nSPS) is 12.4. The van der Waals surface area contributed by atoms with E-state index in [1.54, 1.807) is 12.1 Å². The van der Waals surface area contributed by atoms with Gasteiger partial charge in [-0.2, -0.15) is 18.2 Å². The van der Waals surface area contributed by atoms with Crippen molar-refractivity contribution < 1.29 is 21.6 Å². The Morgan fingerprint density at radius 1 is 1.10 bits per heavy atom. The fraction of sp³-hybridized carbons (Fsp3) is 0.278. The number of benzene rings is 1. The Kier molecular flexibility index (Phi) is 5.68. The highest BCUT2D eigenvalue weighted by atomic mass is 35.5. The zero-order valence-electron chi connectivity index (χ0n) is 15.1. The molecular formula is C18H15ClF3N3O3S. The number of hydrogen-bond donors (Lipinski definition) is 0. The van der Waals surface area contributed by atoms with Crippen LogP contribution >= 0.6 is 11.6 Å². The summed E-state index contributed by atoms with van der Waals surface area (Å²) < 4.78 is 63.2. The van der Waals surface area contributed by atoms with E-state index in [4.69, 9.17) is 11.6 Å². The van der Waals surface area contributed by atoms with Gasteiger partial charge in [0, 0.05) is 11.6 Å². The average molecular weight is 446 g/mol. The van der Waals surface area contributed by atoms with Gasteiger partial charge in [-0.15, -0.1) is 0 Å². The number of pyridine rings is 1. The summed E-state index contributed by atoms with van der Waals surface area (Å²) in [6.07, 6.45) is -3.38. The monoisotopic (exact) mass is 445 g/mol. The quantitative estimate of drug-likeness (QED) is 0.601. The highest BCUT2D eigenvalue weighted by molar-refractivity contribution is 7.90. The zero-order chi connectivity index (χ0) is 21.4. The lowest BCUT2D eigenvalue weighted by atomic mass is 10.1. The lowest BCUT2D eigenvalue weighted by Crippen LogP contribution is -2.25. The van der Waals surface area contributed by atoms with Gasteiger partial charge in [-0.1, -0.05) is 23.7 Å². The van der Waals surface area contributed by atoms with Gasteiger partial charge >= 0.3 is 11.9 Å². The first kappa shape index (κ1) is 21.3. The number of aromatic nitrogens is 3. The first-order chi connectivity index (χ1) is 13.5. The second kappa shape index (κ2) is 7.75. The minimum Gasteiger partial charge on any atom is -0.245 e. The van der Waals surface area contributed by atoms with Crippen LogP contribution in [-0.4, -0.2) is 35.0 Å². The van der Waals surface area contributed by atoms with E-state index in [1.807, 2.05) is 0 Å². The van der Waals surface area contributed by atoms with Crippen molar-refractivity contribution in [2.24, 2.45) is 0 Å². The molecule has 0 amide bonds. The first-order valence-corrected chi connectivity index (χ1v) is 10.8. The van der Waals surface area contributed by atoms with Gasteiger partial charge in [0.05, 0.1) is 22.2 Å². The number of nitrogens with zero attached hydrogens (tertiary/aromatic N) is 3. The molecule has 0 N–H and O–H groups in total. The maximum absolute atomic E-state index is 13.2. The van der Waals surface area contributed by atoms with E-state index in [2.05, 4.69) is 9.97 Å². The molecule has 0 aliphatic carbocycles. The highest BCUT2D eigenvalue weighted by Gasteiger charge is 2.33. The average Bonchev–Trinajstić information content (AvgIpc) is 2.60. The summed E-state index contributed by atoms with van der Waals surface area (Å²) >= 11 is 6.13. The summed E-state index contributed by atoms with van der Waals surface area (Å²) in [5.41, 5.74) is -1.95. The number of aryl methyl sites for hydroxylation is 1. The van der Waals surface area contributed by atoms with E-state index in [0.717, 1.165) is 16.9 Å². The molecule has 0 radical (unpaired) electrons. The maximum atomic E-state index is 13.2. The minimum atomic E-state index is -4.71. The number of halogens is 4. The highest BCUT2D eigenvalue weighted by Crippen LogP contribution is 2.30. The standard InChI is InChI=1S/C18H15ClF3N3O3S/c1-29(27,28)10-4-6-13-11-8-9-15(18(20,21)22)24-16(11)25(17(26)23-13)14-7-3-2-5-12(14)19/h2-3,5,7-9H,4,6,10H2,1H3. The lowest BCUT2D eigenvalue weighted by molar-refractivity contribution is -0.141. The topological polar surface area (TPSA) is 81.9 Å². The van der Waals surface area contributed by atoms with E-state index < -0.39 is 27.4 Å². The van der Waals surface area contributed by atoms with Crippen LogP contribution in [0, 0.1) is 0 Å². The molecule has 0 saturated carbocycles. The summed E-state index contributed by atoms with van der Waals surface area (Å²) in [6.45, 7) is 0. The van der Waals surface area contributed by atoms with Crippen LogP contribution in [-0.2, 0) is 22.4 Å². The van der Waals surface area contributed by atoms with Crippen LogP contribution < -0.4 is 5.69 Å². The molecule has 3 aromatic rings. The predicted molar refractivity (Wildman–Crippen MR) is 103 cm³/mol. The van der Waals surface area contributed by atoms with E-state index in [-0.39, 0.29) is 46.0 Å². The number of para-hydroxylation sites is 1. The van der Waals surface area contributed by atoms with Gasteiger partial charge in [-0.05, 0) is 37.1 Å². The molecule has 29 heavy (non-hydrogen) atoms. The maximum Gasteiger partial charge on any atom is 0.433 e. The van der Waals surface area contributed by atoms with E-state index in [1.165, 1.54) is 18.2 Å². The fourth-order valence-corrected chi connectivity index (χ4v) is 3.75. The van der Waals surface area contributed by atoms with Crippen LogP contribution in [0.5, 0.6) is 0 Å². The summed E-state index contributed by atoms with van der Waals surface area (Å²) in [4.78, 5) is 20.3. The Labute approximate surface area is 168 Å². The first-order valence-electron chi connectivity index (χ1n) is 8.40. The van der Waals surface area contributed by atoms with Gasteiger partial charge in [0.15, 0.2) is 5.65 Å². The SMILES string of the molecule is CS(=O)(=O)CCCc1nc(=O)n(-c2ccccc2Cl)c2nc(C(F)(F)F)ccc12. The van der Waals surface area contributed by atoms with Crippen molar-refractivity contribution in [1.29, 1.82) is 0 Å². The number of hydrogen-bond acceptors (Lipinski definition) is 5. The van der Waals surface area contributed by atoms with Gasteiger partial charge in [0.2, 0.25) is 0 Å². The Hall–Kier alpha value is -2.46. The molecule has 3 rings (SSSR count). The van der Waals surface area contributed by atoms with Crippen molar-refractivity contribution in [2.75, 3.05) is 12.0 Å². The molecule has 2 aromatic heterocycles. The van der Waals surface area contributed by atoms with Crippen LogP contribution in [0.4, 0.5) is 13.2 Å². The summed E-state index contributed by atoms with van der Waals surface area (Å²) in [7, 11) is -3.23. The lowest BCUT2D eigenvalue weighted by Gasteiger charge is -2.15. The minimum absolute atomic E-state index is 0.0925. The van der Waals surface area contributed by atoms with Gasteiger partial charge < -0.3 is 0 Å². The fourth-order valence-electron chi connectivity index (χ4n) is 2.86. The van der Waals surface area contributed by atoms with Gasteiger partial charge in [-0.25, -0.2) is 22.8 Å². The van der Waals surface area contributed by atoms with E-state index in [9.17, 15) is 26.4 Å². The smallest absolute Gasteiger partial charge is 0.245 e. The summed E-state index contributed by atoms with van der Waals surface area (Å²) in [5, 5.41) is 0.354. The second-order valence-corrected chi connectivity index (χ2v) is 9.09. The molecule has 0 aliphatic heterocycles. The van der Waals surface area contributed by atoms with E-state index >= 15 is 0 Å². The second-order valence-electron chi connectivity index (χ2n) is 6.43. The predicted octanol–water partition coefficient (Wildman–Crippen LogP) is 3.43. The Bertz CT molecular complexity index is 1240. The van der Waals surface area contributed by atoms with Gasteiger partial charge in [0.25, 0.3) is 0 Å². The summed E-state index contributed by atoms with van der Waals surface area (Å²) in [6, 6.07) is 8.12. The van der Waals surface area contributed by atoms with Crippen molar-refractivity contribution in [3.8, 4) is 5.69 Å². The van der Waals surface area contributed by atoms with Crippen molar-refractivity contribution in [1.82, 2.24) is 14.5 Å². The Balaban J connectivity index is 2.25. The van der Waals surface area contributed by atoms with Crippen molar-refractivity contribution in [2.45, 2.75) is 19.0 Å². The number of sulfone groups is 1.